The summed E-state index contributed by atoms with van der Waals surface area (Å²) in [6, 6.07) is 7.25. The average Bonchev–Trinajstić information content (AvgIpc) is 3.48. The molecule has 2 heterocycles. The topological polar surface area (TPSA) is 44.6 Å². The number of carbonyl (C=O) groups is 1. The van der Waals surface area contributed by atoms with Crippen LogP contribution >= 0.6 is 0 Å². The number of hydrogen-bond donors (Lipinski definition) is 0. The Morgan fingerprint density at radius 1 is 1.11 bits per heavy atom. The van der Waals surface area contributed by atoms with E-state index >= 15 is 0 Å². The Bertz CT molecular complexity index is 1020. The van der Waals surface area contributed by atoms with Gasteiger partial charge in [0.05, 0.1) is 17.9 Å². The van der Waals surface area contributed by atoms with Gasteiger partial charge in [0.2, 0.25) is 5.91 Å². The highest BCUT2D eigenvalue weighted by atomic mass is 19.1. The van der Waals surface area contributed by atoms with Crippen LogP contribution in [0, 0.1) is 18.7 Å². The summed E-state index contributed by atoms with van der Waals surface area (Å²) in [6.07, 6.45) is 6.75. The van der Waals surface area contributed by atoms with Crippen molar-refractivity contribution in [3.05, 3.63) is 41.3 Å². The van der Waals surface area contributed by atoms with Crippen LogP contribution in [0.2, 0.25) is 0 Å². The fourth-order valence-corrected chi connectivity index (χ4v) is 5.79. The van der Waals surface area contributed by atoms with E-state index < -0.39 is 0 Å². The van der Waals surface area contributed by atoms with Crippen LogP contribution in [0.15, 0.2) is 24.3 Å². The molecule has 1 saturated heterocycles. The molecular formula is C29H44FN5O. The number of aromatic nitrogens is 2. The summed E-state index contributed by atoms with van der Waals surface area (Å²) in [5.74, 6) is 1.65. The van der Waals surface area contributed by atoms with Crippen LogP contribution in [-0.2, 0) is 11.3 Å². The van der Waals surface area contributed by atoms with Gasteiger partial charge in [-0.15, -0.1) is 0 Å². The molecule has 0 bridgehead atoms. The Kier molecular flexibility index (Phi) is 8.70. The van der Waals surface area contributed by atoms with Crippen molar-refractivity contribution in [1.82, 2.24) is 19.6 Å². The molecule has 0 radical (unpaired) electrons. The molecule has 2 aromatic rings. The first-order chi connectivity index (χ1) is 17.2. The number of halogens is 1. The van der Waals surface area contributed by atoms with Gasteiger partial charge in [0.25, 0.3) is 0 Å². The van der Waals surface area contributed by atoms with E-state index in [2.05, 4.69) is 37.5 Å². The zero-order chi connectivity index (χ0) is 25.8. The molecule has 4 rings (SSSR count). The number of nitrogens with zero attached hydrogens (tertiary/aromatic N) is 5. The smallest absolute Gasteiger partial charge is 0.223 e. The Hall–Kier alpha value is -2.41. The fraction of sp³-hybridized carbons (Fsp3) is 0.655. The van der Waals surface area contributed by atoms with Gasteiger partial charge in [0, 0.05) is 50.2 Å². The molecule has 1 aliphatic heterocycles. The molecule has 1 saturated carbocycles. The number of carbonyl (C=O) groups excluding carboxylic acids is 1. The van der Waals surface area contributed by atoms with E-state index in [-0.39, 0.29) is 17.8 Å². The molecule has 2 aliphatic rings. The predicted octanol–water partition coefficient (Wildman–Crippen LogP) is 5.56. The van der Waals surface area contributed by atoms with Gasteiger partial charge in [0.15, 0.2) is 0 Å². The first-order valence-corrected chi connectivity index (χ1v) is 13.9. The van der Waals surface area contributed by atoms with Gasteiger partial charge in [-0.3, -0.25) is 9.69 Å². The molecule has 7 heteroatoms. The number of benzene rings is 1. The number of aryl methyl sites for hydroxylation is 1. The molecule has 1 aromatic carbocycles. The van der Waals surface area contributed by atoms with Gasteiger partial charge in [-0.25, -0.2) is 9.07 Å². The van der Waals surface area contributed by atoms with Crippen molar-refractivity contribution < 1.29 is 9.18 Å². The van der Waals surface area contributed by atoms with Crippen molar-refractivity contribution in [2.45, 2.75) is 91.8 Å². The second-order valence-electron chi connectivity index (χ2n) is 11.2. The maximum absolute atomic E-state index is 14.2. The Labute approximate surface area is 216 Å². The Morgan fingerprint density at radius 3 is 2.42 bits per heavy atom. The van der Waals surface area contributed by atoms with Crippen LogP contribution in [0.1, 0.15) is 77.5 Å². The average molecular weight is 498 g/mol. The minimum Gasteiger partial charge on any atom is -0.354 e. The van der Waals surface area contributed by atoms with Gasteiger partial charge in [-0.2, -0.15) is 5.10 Å². The van der Waals surface area contributed by atoms with Crippen LogP contribution in [0.5, 0.6) is 0 Å². The minimum absolute atomic E-state index is 0.101. The van der Waals surface area contributed by atoms with E-state index in [0.717, 1.165) is 49.7 Å². The third kappa shape index (κ3) is 6.10. The normalized spacial score (nSPS) is 17.5. The van der Waals surface area contributed by atoms with Crippen molar-refractivity contribution in [2.75, 3.05) is 31.1 Å². The first kappa shape index (κ1) is 26.6. The first-order valence-electron chi connectivity index (χ1n) is 13.9. The van der Waals surface area contributed by atoms with E-state index in [1.165, 1.54) is 37.8 Å². The monoisotopic (exact) mass is 497 g/mol. The lowest BCUT2D eigenvalue weighted by Gasteiger charge is -2.39. The maximum atomic E-state index is 14.2. The Morgan fingerprint density at radius 2 is 1.81 bits per heavy atom. The third-order valence-corrected chi connectivity index (χ3v) is 8.07. The zero-order valence-electron chi connectivity index (χ0n) is 22.8. The molecule has 0 unspecified atom stereocenters. The van der Waals surface area contributed by atoms with Gasteiger partial charge < -0.3 is 9.80 Å². The summed E-state index contributed by atoms with van der Waals surface area (Å²) in [5.41, 5.74) is 2.68. The summed E-state index contributed by atoms with van der Waals surface area (Å²) >= 11 is 0. The van der Waals surface area contributed by atoms with Crippen molar-refractivity contribution in [1.29, 1.82) is 0 Å². The molecule has 1 amide bonds. The largest absolute Gasteiger partial charge is 0.354 e. The second kappa shape index (κ2) is 11.8. The summed E-state index contributed by atoms with van der Waals surface area (Å²) in [6.45, 7) is 14.9. The lowest BCUT2D eigenvalue weighted by molar-refractivity contribution is -0.133. The van der Waals surface area contributed by atoms with E-state index in [0.29, 0.717) is 30.6 Å². The standard InChI is InChI=1S/C29H44FN5O/c1-21(2)32-15-17-33(18-16-32)29-27(23(5)31-35(29)26-12-8-11-25(30)19-26)20-34(22(3)4)28(36)14-13-24-9-6-7-10-24/h8,11-12,19,21-22,24H,6-7,9-10,13-18,20H2,1-5H3. The second-order valence-corrected chi connectivity index (χ2v) is 11.2. The van der Waals surface area contributed by atoms with Crippen LogP contribution in [0.3, 0.4) is 0 Å². The predicted molar refractivity (Wildman–Crippen MR) is 144 cm³/mol. The molecule has 2 fully saturated rings. The summed E-state index contributed by atoms with van der Waals surface area (Å²) in [7, 11) is 0. The fourth-order valence-electron chi connectivity index (χ4n) is 5.79. The van der Waals surface area contributed by atoms with Crippen molar-refractivity contribution in [3.8, 4) is 5.69 Å². The van der Waals surface area contributed by atoms with E-state index in [1.807, 2.05) is 22.6 Å². The van der Waals surface area contributed by atoms with Gasteiger partial charge in [0.1, 0.15) is 11.6 Å². The number of anilines is 1. The highest BCUT2D eigenvalue weighted by molar-refractivity contribution is 5.77. The van der Waals surface area contributed by atoms with Crippen molar-refractivity contribution >= 4 is 11.7 Å². The van der Waals surface area contributed by atoms with Crippen LogP contribution < -0.4 is 4.90 Å². The highest BCUT2D eigenvalue weighted by Gasteiger charge is 2.29. The van der Waals surface area contributed by atoms with Crippen LogP contribution in [0.25, 0.3) is 5.69 Å². The number of rotatable bonds is 9. The van der Waals surface area contributed by atoms with E-state index in [1.54, 1.807) is 6.07 Å². The minimum atomic E-state index is -0.274. The molecule has 0 spiro atoms. The molecular weight excluding hydrogens is 453 g/mol. The quantitative estimate of drug-likeness (QED) is 0.455. The summed E-state index contributed by atoms with van der Waals surface area (Å²) in [4.78, 5) is 20.3. The van der Waals surface area contributed by atoms with E-state index in [9.17, 15) is 9.18 Å². The molecule has 0 N–H and O–H groups in total. The lowest BCUT2D eigenvalue weighted by atomic mass is 10.0. The molecule has 1 aromatic heterocycles. The van der Waals surface area contributed by atoms with Crippen LogP contribution in [0.4, 0.5) is 10.2 Å². The van der Waals surface area contributed by atoms with Crippen LogP contribution in [-0.4, -0.2) is 63.8 Å². The van der Waals surface area contributed by atoms with Crippen molar-refractivity contribution in [3.63, 3.8) is 0 Å². The third-order valence-electron chi connectivity index (χ3n) is 8.07. The number of piperazine rings is 1. The SMILES string of the molecule is Cc1nn(-c2cccc(F)c2)c(N2CCN(C(C)C)CC2)c1CN(C(=O)CCC1CCCC1)C(C)C. The van der Waals surface area contributed by atoms with Gasteiger partial charge >= 0.3 is 0 Å². The summed E-state index contributed by atoms with van der Waals surface area (Å²) < 4.78 is 16.1. The zero-order valence-corrected chi connectivity index (χ0v) is 22.8. The van der Waals surface area contributed by atoms with Crippen molar-refractivity contribution in [2.24, 2.45) is 5.92 Å². The number of amides is 1. The van der Waals surface area contributed by atoms with Gasteiger partial charge in [-0.1, -0.05) is 31.7 Å². The highest BCUT2D eigenvalue weighted by Crippen LogP contribution is 2.32. The maximum Gasteiger partial charge on any atom is 0.223 e. The molecule has 6 nitrogen and oxygen atoms in total. The molecule has 1 aliphatic carbocycles. The number of hydrogen-bond acceptors (Lipinski definition) is 4. The van der Waals surface area contributed by atoms with E-state index in [4.69, 9.17) is 5.10 Å². The molecule has 36 heavy (non-hydrogen) atoms. The molecule has 198 valence electrons. The van der Waals surface area contributed by atoms with Gasteiger partial charge in [-0.05, 0) is 65.2 Å². The Balaban J connectivity index is 1.63. The lowest BCUT2D eigenvalue weighted by Crippen LogP contribution is -2.49. The molecule has 0 atom stereocenters. The summed E-state index contributed by atoms with van der Waals surface area (Å²) in [5, 5.41) is 4.89.